The van der Waals surface area contributed by atoms with E-state index in [2.05, 4.69) is 4.98 Å². The molecule has 5 nitrogen and oxygen atoms in total. The number of rotatable bonds is 7. The zero-order chi connectivity index (χ0) is 19.2. The Morgan fingerprint density at radius 3 is 2.61 bits per heavy atom. The van der Waals surface area contributed by atoms with Gasteiger partial charge in [-0.25, -0.2) is 4.98 Å². The molecule has 0 bridgehead atoms. The summed E-state index contributed by atoms with van der Waals surface area (Å²) >= 11 is 1.55. The molecule has 0 aliphatic rings. The molecule has 0 N–H and O–H groups in total. The lowest BCUT2D eigenvalue weighted by molar-refractivity contribution is 0.318. The van der Waals surface area contributed by atoms with Crippen LogP contribution in [0.2, 0.25) is 0 Å². The predicted molar refractivity (Wildman–Crippen MR) is 112 cm³/mol. The first-order valence-corrected chi connectivity index (χ1v) is 10.0. The van der Waals surface area contributed by atoms with Gasteiger partial charge in [-0.15, -0.1) is 0 Å². The summed E-state index contributed by atoms with van der Waals surface area (Å²) in [5, 5.41) is 1.26. The van der Waals surface area contributed by atoms with Gasteiger partial charge in [0, 0.05) is 11.9 Å². The lowest BCUT2D eigenvalue weighted by Crippen LogP contribution is -2.22. The van der Waals surface area contributed by atoms with Crippen LogP contribution in [-0.2, 0) is 0 Å². The fourth-order valence-electron chi connectivity index (χ4n) is 2.85. The van der Waals surface area contributed by atoms with Crippen molar-refractivity contribution in [3.63, 3.8) is 0 Å². The second-order valence-corrected chi connectivity index (χ2v) is 7.19. The lowest BCUT2D eigenvalue weighted by atomic mass is 10.2. The van der Waals surface area contributed by atoms with Crippen LogP contribution < -0.4 is 10.3 Å². The summed E-state index contributed by atoms with van der Waals surface area (Å²) in [6.07, 6.45) is 4.21. The van der Waals surface area contributed by atoms with E-state index in [9.17, 15) is 4.79 Å². The zero-order valence-corrected chi connectivity index (χ0v) is 16.0. The largest absolute Gasteiger partial charge is 0.494 e. The van der Waals surface area contributed by atoms with E-state index >= 15 is 0 Å². The topological polar surface area (TPSA) is 57.0 Å². The Hall–Kier alpha value is -3.12. The minimum atomic E-state index is -0.0818. The highest BCUT2D eigenvalue weighted by Crippen LogP contribution is 2.21. The highest BCUT2D eigenvalue weighted by molar-refractivity contribution is 7.99. The van der Waals surface area contributed by atoms with Crippen LogP contribution >= 0.6 is 11.8 Å². The van der Waals surface area contributed by atoms with Crippen LogP contribution in [0.5, 0.6) is 5.75 Å². The molecule has 0 saturated heterocycles. The normalized spacial score (nSPS) is 10.9. The fraction of sp³-hybridized carbons (Fsp3) is 0.136. The van der Waals surface area contributed by atoms with E-state index in [0.29, 0.717) is 28.4 Å². The molecular weight excluding hydrogens is 370 g/mol. The van der Waals surface area contributed by atoms with Gasteiger partial charge < -0.3 is 4.74 Å². The molecule has 0 saturated carbocycles. The molecule has 4 rings (SSSR count). The summed E-state index contributed by atoms with van der Waals surface area (Å²) in [5.41, 5.74) is 1.34. The molecule has 0 aliphatic heterocycles. The second-order valence-electron chi connectivity index (χ2n) is 6.13. The number of pyridine rings is 1. The van der Waals surface area contributed by atoms with Gasteiger partial charge in [0.25, 0.3) is 5.56 Å². The van der Waals surface area contributed by atoms with Crippen molar-refractivity contribution in [3.8, 4) is 11.4 Å². The van der Waals surface area contributed by atoms with Gasteiger partial charge in [-0.05, 0) is 42.8 Å². The third-order valence-electron chi connectivity index (χ3n) is 4.18. The molecule has 2 aromatic carbocycles. The fourth-order valence-corrected chi connectivity index (χ4v) is 3.78. The number of para-hydroxylation sites is 2. The van der Waals surface area contributed by atoms with Gasteiger partial charge >= 0.3 is 0 Å². The van der Waals surface area contributed by atoms with E-state index in [1.807, 2.05) is 60.7 Å². The maximum absolute atomic E-state index is 13.1. The van der Waals surface area contributed by atoms with Crippen LogP contribution in [0.3, 0.4) is 0 Å². The molecule has 0 spiro atoms. The summed E-state index contributed by atoms with van der Waals surface area (Å²) in [5.74, 6) is 1.65. The van der Waals surface area contributed by atoms with Crippen LogP contribution in [0.4, 0.5) is 0 Å². The summed E-state index contributed by atoms with van der Waals surface area (Å²) in [4.78, 5) is 22.0. The van der Waals surface area contributed by atoms with E-state index in [1.165, 1.54) is 0 Å². The number of hydrogen-bond donors (Lipinski definition) is 0. The first kappa shape index (κ1) is 18.3. The van der Waals surface area contributed by atoms with Crippen LogP contribution in [-0.4, -0.2) is 26.9 Å². The molecule has 6 heteroatoms. The molecule has 140 valence electrons. The number of ether oxygens (including phenoxy) is 1. The molecule has 0 unspecified atom stereocenters. The van der Waals surface area contributed by atoms with Gasteiger partial charge in [0.1, 0.15) is 5.75 Å². The first-order chi connectivity index (χ1) is 13.8. The predicted octanol–water partition coefficient (Wildman–Crippen LogP) is 4.34. The van der Waals surface area contributed by atoms with E-state index in [-0.39, 0.29) is 5.56 Å². The third-order valence-corrected chi connectivity index (χ3v) is 5.21. The number of nitrogens with zero attached hydrogens (tertiary/aromatic N) is 3. The van der Waals surface area contributed by atoms with Gasteiger partial charge in [-0.3, -0.25) is 14.3 Å². The standard InChI is InChI=1S/C22H19N3O2S/c26-21-19-11-4-5-12-20(19)24-22(25(21)17-8-6-13-23-16-17)28-15-7-14-27-18-9-2-1-3-10-18/h1-6,8-13,16H,7,14-15H2. The number of fused-ring (bicyclic) bond motifs is 1. The monoisotopic (exact) mass is 389 g/mol. The zero-order valence-electron chi connectivity index (χ0n) is 15.2. The van der Waals surface area contributed by atoms with Gasteiger partial charge in [0.2, 0.25) is 0 Å². The van der Waals surface area contributed by atoms with Crippen molar-refractivity contribution in [1.82, 2.24) is 14.5 Å². The van der Waals surface area contributed by atoms with E-state index < -0.39 is 0 Å². The van der Waals surface area contributed by atoms with E-state index in [4.69, 9.17) is 9.72 Å². The van der Waals surface area contributed by atoms with Crippen LogP contribution in [0, 0.1) is 0 Å². The number of hydrogen-bond acceptors (Lipinski definition) is 5. The molecule has 28 heavy (non-hydrogen) atoms. The molecule has 0 amide bonds. The Morgan fingerprint density at radius 2 is 1.79 bits per heavy atom. The highest BCUT2D eigenvalue weighted by atomic mass is 32.2. The average Bonchev–Trinajstić information content (AvgIpc) is 2.75. The Balaban J connectivity index is 1.54. The Kier molecular flexibility index (Phi) is 5.68. The smallest absolute Gasteiger partial charge is 0.266 e. The molecule has 2 heterocycles. The summed E-state index contributed by atoms with van der Waals surface area (Å²) in [6.45, 7) is 0.613. The van der Waals surface area contributed by atoms with Crippen molar-refractivity contribution in [1.29, 1.82) is 0 Å². The van der Waals surface area contributed by atoms with Gasteiger partial charge in [0.15, 0.2) is 5.16 Å². The molecule has 0 radical (unpaired) electrons. The number of aromatic nitrogens is 3. The van der Waals surface area contributed by atoms with Crippen LogP contribution in [0.15, 0.2) is 89.1 Å². The van der Waals surface area contributed by atoms with Gasteiger partial charge in [-0.1, -0.05) is 42.1 Å². The first-order valence-electron chi connectivity index (χ1n) is 9.06. The lowest BCUT2D eigenvalue weighted by Gasteiger charge is -2.13. The average molecular weight is 389 g/mol. The highest BCUT2D eigenvalue weighted by Gasteiger charge is 2.13. The molecule has 4 aromatic rings. The molecular formula is C22H19N3O2S. The molecule has 0 atom stereocenters. The maximum Gasteiger partial charge on any atom is 0.266 e. The SMILES string of the molecule is O=c1c2ccccc2nc(SCCCOc2ccccc2)n1-c1cccnc1. The molecule has 0 fully saturated rings. The molecule has 0 aliphatic carbocycles. The van der Waals surface area contributed by atoms with Crippen molar-refractivity contribution in [2.45, 2.75) is 11.6 Å². The van der Waals surface area contributed by atoms with Crippen LogP contribution in [0.1, 0.15) is 6.42 Å². The second kappa shape index (κ2) is 8.71. The Morgan fingerprint density at radius 1 is 0.964 bits per heavy atom. The maximum atomic E-state index is 13.1. The van der Waals surface area contributed by atoms with E-state index in [0.717, 1.165) is 17.9 Å². The van der Waals surface area contributed by atoms with Crippen molar-refractivity contribution in [2.24, 2.45) is 0 Å². The minimum Gasteiger partial charge on any atom is -0.494 e. The van der Waals surface area contributed by atoms with Crippen molar-refractivity contribution >= 4 is 22.7 Å². The number of thioether (sulfide) groups is 1. The Labute approximate surface area is 167 Å². The van der Waals surface area contributed by atoms with Gasteiger partial charge in [-0.2, -0.15) is 0 Å². The quantitative estimate of drug-likeness (QED) is 0.267. The van der Waals surface area contributed by atoms with Crippen molar-refractivity contribution in [3.05, 3.63) is 89.5 Å². The summed E-state index contributed by atoms with van der Waals surface area (Å²) in [6, 6.07) is 20.9. The third kappa shape index (κ3) is 4.07. The van der Waals surface area contributed by atoms with E-state index in [1.54, 1.807) is 34.8 Å². The minimum absolute atomic E-state index is 0.0818. The van der Waals surface area contributed by atoms with Crippen LogP contribution in [0.25, 0.3) is 16.6 Å². The van der Waals surface area contributed by atoms with Crippen molar-refractivity contribution in [2.75, 3.05) is 12.4 Å². The summed E-state index contributed by atoms with van der Waals surface area (Å²) < 4.78 is 7.38. The van der Waals surface area contributed by atoms with Gasteiger partial charge in [0.05, 0.1) is 29.4 Å². The van der Waals surface area contributed by atoms with Crippen molar-refractivity contribution < 1.29 is 4.74 Å². The number of benzene rings is 2. The Bertz CT molecular complexity index is 1110. The summed E-state index contributed by atoms with van der Waals surface area (Å²) in [7, 11) is 0. The molecule has 2 aromatic heterocycles.